The van der Waals surface area contributed by atoms with Crippen LogP contribution in [-0.4, -0.2) is 29.5 Å². The molecule has 3 N–H and O–H groups in total. The average Bonchev–Trinajstić information content (AvgIpc) is 2.27. The molecule has 1 amide bonds. The summed E-state index contributed by atoms with van der Waals surface area (Å²) in [6.45, 7) is 4.33. The highest BCUT2D eigenvalue weighted by Crippen LogP contribution is 2.24. The number of rotatable bonds is 5. The lowest BCUT2D eigenvalue weighted by Crippen LogP contribution is -2.42. The van der Waals surface area contributed by atoms with Gasteiger partial charge < -0.3 is 11.1 Å². The minimum atomic E-state index is -0.434. The van der Waals surface area contributed by atoms with Crippen molar-refractivity contribution in [3.63, 3.8) is 0 Å². The smallest absolute Gasteiger partial charge is 0.237 e. The van der Waals surface area contributed by atoms with Crippen LogP contribution in [-0.2, 0) is 4.79 Å². The molecule has 2 unspecified atom stereocenters. The molecule has 1 rings (SSSR count). The van der Waals surface area contributed by atoms with E-state index in [0.717, 1.165) is 6.54 Å². The number of carbonyl (C=O) groups excluding carboxylic acids is 1. The van der Waals surface area contributed by atoms with Crippen molar-refractivity contribution >= 4 is 17.7 Å². The van der Waals surface area contributed by atoms with Crippen molar-refractivity contribution in [2.75, 3.05) is 12.3 Å². The third-order valence-corrected chi connectivity index (χ3v) is 3.93. The zero-order valence-electron chi connectivity index (χ0n) is 9.08. The standard InChI is InChI=1S/C11H20N2OS/c1-2-5-10(12)11(14)13-8-9-6-3-4-7-15-9/h2,9-10H,1,3-8,12H2,(H,13,14). The molecule has 0 spiro atoms. The van der Waals surface area contributed by atoms with Crippen molar-refractivity contribution in [3.05, 3.63) is 12.7 Å². The van der Waals surface area contributed by atoms with E-state index in [1.54, 1.807) is 6.08 Å². The van der Waals surface area contributed by atoms with Crippen LogP contribution in [0.5, 0.6) is 0 Å². The van der Waals surface area contributed by atoms with Gasteiger partial charge in [-0.25, -0.2) is 0 Å². The van der Waals surface area contributed by atoms with Crippen molar-refractivity contribution in [1.82, 2.24) is 5.32 Å². The molecule has 0 aliphatic carbocycles. The summed E-state index contributed by atoms with van der Waals surface area (Å²) in [5.41, 5.74) is 5.65. The van der Waals surface area contributed by atoms with E-state index in [1.807, 2.05) is 11.8 Å². The summed E-state index contributed by atoms with van der Waals surface area (Å²) in [6, 6.07) is -0.434. The maximum atomic E-state index is 11.5. The summed E-state index contributed by atoms with van der Waals surface area (Å²) in [6.07, 6.45) is 6.03. The number of hydrogen-bond acceptors (Lipinski definition) is 3. The average molecular weight is 228 g/mol. The first-order chi connectivity index (χ1) is 7.24. The minimum Gasteiger partial charge on any atom is -0.354 e. The molecule has 0 bridgehead atoms. The lowest BCUT2D eigenvalue weighted by molar-refractivity contribution is -0.122. The van der Waals surface area contributed by atoms with Crippen LogP contribution in [0.1, 0.15) is 25.7 Å². The lowest BCUT2D eigenvalue weighted by atomic mass is 10.1. The lowest BCUT2D eigenvalue weighted by Gasteiger charge is -2.22. The van der Waals surface area contributed by atoms with Crippen molar-refractivity contribution in [3.8, 4) is 0 Å². The molecule has 2 atom stereocenters. The Labute approximate surface area is 95.9 Å². The van der Waals surface area contributed by atoms with Crippen molar-refractivity contribution in [2.45, 2.75) is 37.0 Å². The Morgan fingerprint density at radius 2 is 2.47 bits per heavy atom. The molecule has 86 valence electrons. The largest absolute Gasteiger partial charge is 0.354 e. The van der Waals surface area contributed by atoms with E-state index in [-0.39, 0.29) is 5.91 Å². The summed E-state index contributed by atoms with van der Waals surface area (Å²) >= 11 is 1.95. The molecular weight excluding hydrogens is 208 g/mol. The normalized spacial score (nSPS) is 23.1. The van der Waals surface area contributed by atoms with Gasteiger partial charge in [0.25, 0.3) is 0 Å². The van der Waals surface area contributed by atoms with E-state index >= 15 is 0 Å². The summed E-state index contributed by atoms with van der Waals surface area (Å²) in [7, 11) is 0. The molecule has 1 fully saturated rings. The minimum absolute atomic E-state index is 0.0546. The molecule has 0 aromatic rings. The molecule has 3 nitrogen and oxygen atoms in total. The van der Waals surface area contributed by atoms with Crippen LogP contribution in [0.3, 0.4) is 0 Å². The second kappa shape index (κ2) is 6.90. The Hall–Kier alpha value is -0.480. The van der Waals surface area contributed by atoms with Gasteiger partial charge >= 0.3 is 0 Å². The number of thioether (sulfide) groups is 1. The molecule has 15 heavy (non-hydrogen) atoms. The Bertz CT molecular complexity index is 215. The molecule has 1 aliphatic rings. The highest BCUT2D eigenvalue weighted by Gasteiger charge is 2.16. The van der Waals surface area contributed by atoms with Gasteiger partial charge in [-0.05, 0) is 25.0 Å². The third kappa shape index (κ3) is 4.71. The van der Waals surface area contributed by atoms with Gasteiger partial charge in [0.15, 0.2) is 0 Å². The first-order valence-electron chi connectivity index (χ1n) is 5.50. The van der Waals surface area contributed by atoms with Gasteiger partial charge in [-0.3, -0.25) is 4.79 Å². The predicted octanol–water partition coefficient (Wildman–Crippen LogP) is 1.29. The maximum absolute atomic E-state index is 11.5. The Balaban J connectivity index is 2.17. The van der Waals surface area contributed by atoms with Crippen LogP contribution in [0.15, 0.2) is 12.7 Å². The van der Waals surface area contributed by atoms with Gasteiger partial charge in [-0.2, -0.15) is 11.8 Å². The summed E-state index contributed by atoms with van der Waals surface area (Å²) < 4.78 is 0. The summed E-state index contributed by atoms with van der Waals surface area (Å²) in [5, 5.41) is 3.49. The van der Waals surface area contributed by atoms with E-state index in [1.165, 1.54) is 25.0 Å². The van der Waals surface area contributed by atoms with E-state index < -0.39 is 6.04 Å². The fraction of sp³-hybridized carbons (Fsp3) is 0.727. The maximum Gasteiger partial charge on any atom is 0.237 e. The summed E-state index contributed by atoms with van der Waals surface area (Å²) in [4.78, 5) is 11.5. The molecule has 1 heterocycles. The fourth-order valence-corrected chi connectivity index (χ4v) is 2.84. The number of carbonyl (C=O) groups is 1. The van der Waals surface area contributed by atoms with Gasteiger partial charge in [0, 0.05) is 11.8 Å². The van der Waals surface area contributed by atoms with Gasteiger partial charge in [-0.15, -0.1) is 6.58 Å². The van der Waals surface area contributed by atoms with E-state index in [2.05, 4.69) is 11.9 Å². The molecule has 0 aromatic heterocycles. The predicted molar refractivity (Wildman–Crippen MR) is 65.9 cm³/mol. The topological polar surface area (TPSA) is 55.1 Å². The number of amides is 1. The zero-order valence-corrected chi connectivity index (χ0v) is 9.89. The zero-order chi connectivity index (χ0) is 11.1. The summed E-state index contributed by atoms with van der Waals surface area (Å²) in [5.74, 6) is 1.17. The SMILES string of the molecule is C=CCC(N)C(=O)NCC1CCCCS1. The second-order valence-electron chi connectivity index (χ2n) is 3.86. The van der Waals surface area contributed by atoms with Gasteiger partial charge in [0.1, 0.15) is 0 Å². The first-order valence-corrected chi connectivity index (χ1v) is 6.54. The van der Waals surface area contributed by atoms with E-state index in [9.17, 15) is 4.79 Å². The molecular formula is C11H20N2OS. The third-order valence-electron chi connectivity index (χ3n) is 2.54. The highest BCUT2D eigenvalue weighted by atomic mass is 32.2. The molecule has 0 saturated carbocycles. The van der Waals surface area contributed by atoms with Crippen LogP contribution in [0.4, 0.5) is 0 Å². The molecule has 4 heteroatoms. The van der Waals surface area contributed by atoms with E-state index in [4.69, 9.17) is 5.73 Å². The van der Waals surface area contributed by atoms with Gasteiger partial charge in [0.2, 0.25) is 5.91 Å². The van der Waals surface area contributed by atoms with Crippen LogP contribution in [0, 0.1) is 0 Å². The van der Waals surface area contributed by atoms with Crippen molar-refractivity contribution in [2.24, 2.45) is 5.73 Å². The fourth-order valence-electron chi connectivity index (χ4n) is 1.60. The van der Waals surface area contributed by atoms with Crippen LogP contribution in [0.2, 0.25) is 0 Å². The Morgan fingerprint density at radius 1 is 1.67 bits per heavy atom. The Kier molecular flexibility index (Phi) is 5.79. The monoisotopic (exact) mass is 228 g/mol. The van der Waals surface area contributed by atoms with Gasteiger partial charge in [0.05, 0.1) is 6.04 Å². The van der Waals surface area contributed by atoms with Gasteiger partial charge in [-0.1, -0.05) is 12.5 Å². The van der Waals surface area contributed by atoms with Crippen molar-refractivity contribution in [1.29, 1.82) is 0 Å². The van der Waals surface area contributed by atoms with Crippen LogP contribution < -0.4 is 11.1 Å². The number of hydrogen-bond donors (Lipinski definition) is 2. The molecule has 1 aliphatic heterocycles. The highest BCUT2D eigenvalue weighted by molar-refractivity contribution is 7.99. The second-order valence-corrected chi connectivity index (χ2v) is 5.27. The number of nitrogens with one attached hydrogen (secondary N) is 1. The molecule has 1 saturated heterocycles. The Morgan fingerprint density at radius 3 is 3.07 bits per heavy atom. The van der Waals surface area contributed by atoms with Crippen LogP contribution in [0.25, 0.3) is 0 Å². The number of nitrogens with two attached hydrogens (primary N) is 1. The quantitative estimate of drug-likeness (QED) is 0.697. The van der Waals surface area contributed by atoms with Crippen molar-refractivity contribution < 1.29 is 4.79 Å². The molecule has 0 radical (unpaired) electrons. The first kappa shape index (κ1) is 12.6. The molecule has 0 aromatic carbocycles. The van der Waals surface area contributed by atoms with E-state index in [0.29, 0.717) is 11.7 Å². The van der Waals surface area contributed by atoms with Crippen LogP contribution >= 0.6 is 11.8 Å².